The van der Waals surface area contributed by atoms with E-state index in [9.17, 15) is 0 Å². The molecule has 0 saturated carbocycles. The average Bonchev–Trinajstić information content (AvgIpc) is 2.14. The summed E-state index contributed by atoms with van der Waals surface area (Å²) in [4.78, 5) is 0. The van der Waals surface area contributed by atoms with Gasteiger partial charge in [0.05, 0.1) is 0 Å². The van der Waals surface area contributed by atoms with Crippen LogP contribution in [-0.4, -0.2) is 24.3 Å². The van der Waals surface area contributed by atoms with Crippen LogP contribution in [0.2, 0.25) is 0 Å². The Morgan fingerprint density at radius 2 is 2.08 bits per heavy atom. The van der Waals surface area contributed by atoms with Crippen LogP contribution in [0.1, 0.15) is 5.56 Å². The third-order valence-electron chi connectivity index (χ3n) is 1.41. The Morgan fingerprint density at radius 1 is 1.38 bits per heavy atom. The molecule has 1 aromatic rings. The molecule has 0 fully saturated rings. The Balaban J connectivity index is 2.17. The second-order valence-electron chi connectivity index (χ2n) is 2.46. The summed E-state index contributed by atoms with van der Waals surface area (Å²) in [6, 6.07) is 10.4. The molecule has 0 aliphatic heterocycles. The number of nitrogens with two attached hydrogens (primary N) is 1. The summed E-state index contributed by atoms with van der Waals surface area (Å²) in [5, 5.41) is 7.07. The third-order valence-corrected chi connectivity index (χ3v) is 4.67. The van der Waals surface area contributed by atoms with Gasteiger partial charge in [-0.2, -0.15) is 0 Å². The van der Waals surface area contributed by atoms with Gasteiger partial charge in [-0.1, -0.05) is 0 Å². The van der Waals surface area contributed by atoms with E-state index in [0.717, 1.165) is 10.4 Å². The molecule has 0 heterocycles. The van der Waals surface area contributed by atoms with Crippen molar-refractivity contribution in [3.63, 3.8) is 0 Å². The molecule has 3 N–H and O–H groups in total. The van der Waals surface area contributed by atoms with Gasteiger partial charge in [0.25, 0.3) is 0 Å². The number of thioether (sulfide) groups is 1. The van der Waals surface area contributed by atoms with Crippen molar-refractivity contribution in [1.29, 1.82) is 5.41 Å². The first kappa shape index (κ1) is 10.6. The van der Waals surface area contributed by atoms with E-state index in [2.05, 4.69) is 12.1 Å². The van der Waals surface area contributed by atoms with Gasteiger partial charge in [0.1, 0.15) is 0 Å². The maximum absolute atomic E-state index is 7.07. The number of benzene rings is 1. The van der Waals surface area contributed by atoms with Crippen LogP contribution < -0.4 is 5.73 Å². The minimum absolute atomic E-state index is 0.180. The van der Waals surface area contributed by atoms with Gasteiger partial charge in [-0.15, -0.1) is 0 Å². The van der Waals surface area contributed by atoms with Crippen LogP contribution in [0.3, 0.4) is 0 Å². The molecule has 0 atom stereocenters. The number of amidine groups is 1. The van der Waals surface area contributed by atoms with Crippen LogP contribution in [0.5, 0.6) is 0 Å². The van der Waals surface area contributed by atoms with Crippen LogP contribution in [-0.2, 0) is 5.75 Å². The molecule has 0 unspecified atom stereocenters. The molecule has 0 amide bonds. The molecule has 70 valence electrons. The molecule has 0 saturated heterocycles. The SMILES string of the molecule is N=C(N)[Se]CSCc1ccccc1. The van der Waals surface area contributed by atoms with Crippen molar-refractivity contribution in [3.8, 4) is 0 Å². The predicted octanol–water partition coefficient (Wildman–Crippen LogP) is 1.47. The van der Waals surface area contributed by atoms with E-state index in [1.165, 1.54) is 5.56 Å². The Hall–Kier alpha value is -0.441. The number of hydrogen-bond acceptors (Lipinski definition) is 2. The predicted molar refractivity (Wildman–Crippen MR) is 60.3 cm³/mol. The summed E-state index contributed by atoms with van der Waals surface area (Å²) in [6.07, 6.45) is 0. The molecule has 13 heavy (non-hydrogen) atoms. The van der Waals surface area contributed by atoms with Gasteiger partial charge in [0.2, 0.25) is 0 Å². The van der Waals surface area contributed by atoms with E-state index in [4.69, 9.17) is 11.1 Å². The van der Waals surface area contributed by atoms with Gasteiger partial charge < -0.3 is 0 Å². The Labute approximate surface area is 89.0 Å². The van der Waals surface area contributed by atoms with Crippen LogP contribution in [0.4, 0.5) is 0 Å². The molecule has 4 heteroatoms. The van der Waals surface area contributed by atoms with Gasteiger partial charge in [-0.3, -0.25) is 0 Å². The van der Waals surface area contributed by atoms with Crippen molar-refractivity contribution >= 4 is 31.5 Å². The van der Waals surface area contributed by atoms with Crippen molar-refractivity contribution in [2.45, 2.75) is 5.75 Å². The molecular weight excluding hydrogens is 247 g/mol. The quantitative estimate of drug-likeness (QED) is 0.364. The van der Waals surface area contributed by atoms with E-state index < -0.39 is 0 Å². The average molecular weight is 259 g/mol. The van der Waals surface area contributed by atoms with Crippen LogP contribution in [0.25, 0.3) is 0 Å². The second kappa shape index (κ2) is 6.08. The zero-order valence-electron chi connectivity index (χ0n) is 7.19. The molecular formula is C9H12N2SSe. The first-order valence-corrected chi connectivity index (χ1v) is 7.10. The van der Waals surface area contributed by atoms with Gasteiger partial charge in [0, 0.05) is 0 Å². The van der Waals surface area contributed by atoms with E-state index in [0.29, 0.717) is 4.73 Å². The van der Waals surface area contributed by atoms with Gasteiger partial charge in [-0.05, 0) is 0 Å². The molecule has 0 radical (unpaired) electrons. The van der Waals surface area contributed by atoms with Gasteiger partial charge in [-0.25, -0.2) is 0 Å². The Morgan fingerprint density at radius 3 is 2.69 bits per heavy atom. The van der Waals surface area contributed by atoms with Crippen LogP contribution in [0.15, 0.2) is 30.3 Å². The summed E-state index contributed by atoms with van der Waals surface area (Å²) in [5.74, 6) is 1.02. The zero-order chi connectivity index (χ0) is 9.52. The van der Waals surface area contributed by atoms with Crippen molar-refractivity contribution in [3.05, 3.63) is 35.9 Å². The van der Waals surface area contributed by atoms with Crippen molar-refractivity contribution in [1.82, 2.24) is 0 Å². The van der Waals surface area contributed by atoms with Crippen molar-refractivity contribution in [2.75, 3.05) is 4.65 Å². The molecule has 0 spiro atoms. The van der Waals surface area contributed by atoms with Gasteiger partial charge in [0.15, 0.2) is 0 Å². The first-order chi connectivity index (χ1) is 6.29. The standard InChI is InChI=1S/C9H12N2SSe/c10-9(11)13-7-12-6-8-4-2-1-3-5-8/h1-5H,6-7H2,(H3,10,11). The van der Waals surface area contributed by atoms with Crippen LogP contribution in [0, 0.1) is 5.41 Å². The Bertz CT molecular complexity index is 264. The monoisotopic (exact) mass is 260 g/mol. The molecule has 0 aliphatic carbocycles. The van der Waals surface area contributed by atoms with E-state index in [1.54, 1.807) is 0 Å². The van der Waals surface area contributed by atoms with Gasteiger partial charge >= 0.3 is 88.9 Å². The molecule has 0 aromatic heterocycles. The maximum atomic E-state index is 7.07. The topological polar surface area (TPSA) is 49.9 Å². The van der Waals surface area contributed by atoms with E-state index >= 15 is 0 Å². The fraction of sp³-hybridized carbons (Fsp3) is 0.222. The Kier molecular flexibility index (Phi) is 4.98. The summed E-state index contributed by atoms with van der Waals surface area (Å²) >= 11 is 2.02. The third kappa shape index (κ3) is 4.98. The first-order valence-electron chi connectivity index (χ1n) is 3.87. The van der Waals surface area contributed by atoms with Crippen molar-refractivity contribution in [2.24, 2.45) is 5.73 Å². The summed E-state index contributed by atoms with van der Waals surface area (Å²) < 4.78 is 1.34. The summed E-state index contributed by atoms with van der Waals surface area (Å²) in [7, 11) is 0. The number of rotatable bonds is 5. The fourth-order valence-corrected chi connectivity index (χ4v) is 3.41. The second-order valence-corrected chi connectivity index (χ2v) is 6.41. The minimum atomic E-state index is 0.180. The zero-order valence-corrected chi connectivity index (χ0v) is 9.72. The molecule has 2 nitrogen and oxygen atoms in total. The van der Waals surface area contributed by atoms with Crippen molar-refractivity contribution < 1.29 is 0 Å². The summed E-state index contributed by atoms with van der Waals surface area (Å²) in [6.45, 7) is 0. The molecule has 1 rings (SSSR count). The summed E-state index contributed by atoms with van der Waals surface area (Å²) in [5.41, 5.74) is 6.61. The normalized spacial score (nSPS) is 9.85. The van der Waals surface area contributed by atoms with Crippen LogP contribution >= 0.6 is 11.8 Å². The molecule has 1 aromatic carbocycles. The number of hydrogen-bond donors (Lipinski definition) is 2. The number of nitrogens with one attached hydrogen (secondary N) is 1. The fourth-order valence-electron chi connectivity index (χ4n) is 0.839. The molecule has 0 bridgehead atoms. The van der Waals surface area contributed by atoms with E-state index in [-0.39, 0.29) is 15.0 Å². The molecule has 0 aliphatic rings. The van der Waals surface area contributed by atoms with E-state index in [1.807, 2.05) is 30.0 Å².